The summed E-state index contributed by atoms with van der Waals surface area (Å²) in [5.74, 6) is -2.75. The van der Waals surface area contributed by atoms with E-state index in [0.29, 0.717) is 6.61 Å². The molecule has 1 fully saturated rings. The summed E-state index contributed by atoms with van der Waals surface area (Å²) in [7, 11) is 1.27. The molecule has 0 unspecified atom stereocenters. The van der Waals surface area contributed by atoms with Crippen molar-refractivity contribution in [3.63, 3.8) is 0 Å². The second kappa shape index (κ2) is 16.4. The highest BCUT2D eigenvalue weighted by Crippen LogP contribution is 2.38. The van der Waals surface area contributed by atoms with Crippen LogP contribution in [0.5, 0.6) is 0 Å². The lowest BCUT2D eigenvalue weighted by molar-refractivity contribution is -0.370. The molecular formula is C37H40O8. The summed E-state index contributed by atoms with van der Waals surface area (Å²) in [5, 5.41) is 12.1. The summed E-state index contributed by atoms with van der Waals surface area (Å²) < 4.78 is 37.0. The van der Waals surface area contributed by atoms with Crippen molar-refractivity contribution in [2.45, 2.75) is 63.1 Å². The molecule has 8 nitrogen and oxygen atoms in total. The lowest BCUT2D eigenvalue weighted by Gasteiger charge is -2.50. The van der Waals surface area contributed by atoms with Crippen molar-refractivity contribution in [1.82, 2.24) is 0 Å². The van der Waals surface area contributed by atoms with E-state index in [2.05, 4.69) is 0 Å². The number of carbonyl (C=O) groups is 1. The van der Waals surface area contributed by atoms with Crippen LogP contribution in [0.4, 0.5) is 0 Å². The smallest absolute Gasteiger partial charge is 0.311 e. The summed E-state index contributed by atoms with van der Waals surface area (Å²) in [6, 6.07) is 38.9. The third-order valence-electron chi connectivity index (χ3n) is 7.65. The second-order valence-electron chi connectivity index (χ2n) is 11.0. The fourth-order valence-corrected chi connectivity index (χ4v) is 5.36. The Labute approximate surface area is 264 Å². The molecule has 0 aromatic heterocycles. The monoisotopic (exact) mass is 612 g/mol. The summed E-state index contributed by atoms with van der Waals surface area (Å²) in [6.45, 7) is 1.01. The van der Waals surface area contributed by atoms with Crippen LogP contribution >= 0.6 is 0 Å². The molecule has 1 aliphatic heterocycles. The van der Waals surface area contributed by atoms with Crippen molar-refractivity contribution in [1.29, 1.82) is 0 Å². The zero-order valence-corrected chi connectivity index (χ0v) is 25.4. The molecule has 236 valence electrons. The molecule has 1 heterocycles. The number of benzene rings is 4. The maximum absolute atomic E-state index is 12.7. The third kappa shape index (κ3) is 9.31. The van der Waals surface area contributed by atoms with E-state index < -0.39 is 42.6 Å². The van der Waals surface area contributed by atoms with Crippen molar-refractivity contribution in [3.8, 4) is 0 Å². The lowest BCUT2D eigenvalue weighted by atomic mass is 9.89. The normalized spacial score (nSPS) is 23.0. The van der Waals surface area contributed by atoms with Gasteiger partial charge in [0.2, 0.25) is 5.79 Å². The average Bonchev–Trinajstić information content (AvgIpc) is 3.08. The Morgan fingerprint density at radius 2 is 1.07 bits per heavy atom. The van der Waals surface area contributed by atoms with Crippen LogP contribution in [0.3, 0.4) is 0 Å². The van der Waals surface area contributed by atoms with Crippen LogP contribution in [0.1, 0.15) is 28.7 Å². The van der Waals surface area contributed by atoms with E-state index in [1.54, 1.807) is 0 Å². The second-order valence-corrected chi connectivity index (χ2v) is 11.0. The Balaban J connectivity index is 1.47. The number of hydrogen-bond acceptors (Lipinski definition) is 8. The van der Waals surface area contributed by atoms with E-state index in [1.807, 2.05) is 121 Å². The summed E-state index contributed by atoms with van der Waals surface area (Å²) in [5.41, 5.74) is 3.76. The number of esters is 1. The Kier molecular flexibility index (Phi) is 11.9. The zero-order chi connectivity index (χ0) is 31.3. The molecule has 5 rings (SSSR count). The van der Waals surface area contributed by atoms with Gasteiger partial charge in [-0.2, -0.15) is 0 Å². The summed E-state index contributed by atoms with van der Waals surface area (Å²) >= 11 is 0. The molecule has 45 heavy (non-hydrogen) atoms. The van der Waals surface area contributed by atoms with Gasteiger partial charge in [0.25, 0.3) is 0 Å². The molecule has 1 N–H and O–H groups in total. The minimum Gasteiger partial charge on any atom is -0.469 e. The first-order valence-corrected chi connectivity index (χ1v) is 15.1. The van der Waals surface area contributed by atoms with Gasteiger partial charge in [-0.15, -0.1) is 0 Å². The maximum atomic E-state index is 12.7. The van der Waals surface area contributed by atoms with E-state index >= 15 is 0 Å². The largest absolute Gasteiger partial charge is 0.469 e. The van der Waals surface area contributed by atoms with Crippen molar-refractivity contribution in [2.24, 2.45) is 0 Å². The van der Waals surface area contributed by atoms with Gasteiger partial charge >= 0.3 is 5.97 Å². The van der Waals surface area contributed by atoms with Gasteiger partial charge in [0.05, 0.1) is 40.1 Å². The van der Waals surface area contributed by atoms with E-state index in [-0.39, 0.29) is 26.4 Å². The fraction of sp³-hybridized carbons (Fsp3) is 0.324. The first-order valence-electron chi connectivity index (χ1n) is 15.1. The molecule has 0 aliphatic carbocycles. The first-order chi connectivity index (χ1) is 22.0. The van der Waals surface area contributed by atoms with Gasteiger partial charge in [-0.25, -0.2) is 0 Å². The van der Waals surface area contributed by atoms with Crippen LogP contribution in [0.25, 0.3) is 0 Å². The van der Waals surface area contributed by atoms with Crippen LogP contribution < -0.4 is 0 Å². The van der Waals surface area contributed by atoms with Gasteiger partial charge in [-0.1, -0.05) is 121 Å². The predicted molar refractivity (Wildman–Crippen MR) is 168 cm³/mol. The Morgan fingerprint density at radius 1 is 0.644 bits per heavy atom. The van der Waals surface area contributed by atoms with E-state index in [9.17, 15) is 9.90 Å². The van der Waals surface area contributed by atoms with Crippen LogP contribution in [-0.2, 0) is 59.6 Å². The minimum atomic E-state index is -2.10. The highest BCUT2D eigenvalue weighted by atomic mass is 16.7. The molecular weight excluding hydrogens is 572 g/mol. The van der Waals surface area contributed by atoms with Crippen LogP contribution in [0, 0.1) is 0 Å². The minimum absolute atomic E-state index is 0.0639. The molecule has 0 radical (unpaired) electrons. The van der Waals surface area contributed by atoms with E-state index in [0.717, 1.165) is 22.3 Å². The van der Waals surface area contributed by atoms with Crippen molar-refractivity contribution in [2.75, 3.05) is 13.7 Å². The summed E-state index contributed by atoms with van der Waals surface area (Å²) in [6.07, 6.45) is -4.00. The zero-order valence-electron chi connectivity index (χ0n) is 25.4. The van der Waals surface area contributed by atoms with Crippen molar-refractivity contribution in [3.05, 3.63) is 144 Å². The molecule has 1 saturated heterocycles. The molecule has 4 aromatic carbocycles. The molecule has 4 aromatic rings. The molecule has 5 atom stereocenters. The molecule has 0 saturated carbocycles. The molecule has 1 aliphatic rings. The van der Waals surface area contributed by atoms with Crippen LogP contribution in [-0.4, -0.2) is 55.0 Å². The average molecular weight is 613 g/mol. The fourth-order valence-electron chi connectivity index (χ4n) is 5.36. The topological polar surface area (TPSA) is 92.7 Å². The Bertz CT molecular complexity index is 1420. The van der Waals surface area contributed by atoms with Gasteiger partial charge in [-0.3, -0.25) is 4.79 Å². The maximum Gasteiger partial charge on any atom is 0.311 e. The van der Waals surface area contributed by atoms with Gasteiger partial charge in [0.1, 0.15) is 30.8 Å². The number of carbonyl (C=O) groups excluding carboxylic acids is 1. The standard InChI is InChI=1S/C37H40O8/c1-40-33(38)22-37(39)36(44-26-31-20-12-5-13-21-31)35(43-25-30-18-10-4-11-19-30)34(42-24-29-16-8-3-9-17-29)32(45-37)27-41-23-28-14-6-2-7-15-28/h2-21,32,34-36,39H,22-27H2,1H3/t32-,34-,35+,36-,37+/m1/s1. The SMILES string of the molecule is COC(=O)C[C@]1(O)O[C@H](COCc2ccccc2)[C@@H](OCc2ccccc2)[C@H](OCc2ccccc2)[C@H]1OCc1ccccc1. The highest BCUT2D eigenvalue weighted by Gasteiger charge is 2.57. The summed E-state index contributed by atoms with van der Waals surface area (Å²) in [4.78, 5) is 12.7. The Morgan fingerprint density at radius 3 is 1.53 bits per heavy atom. The number of aliphatic hydroxyl groups is 1. The Hall–Kier alpha value is -3.89. The molecule has 0 bridgehead atoms. The van der Waals surface area contributed by atoms with Gasteiger partial charge < -0.3 is 33.5 Å². The first kappa shape index (κ1) is 32.5. The van der Waals surface area contributed by atoms with Gasteiger partial charge in [-0.05, 0) is 22.3 Å². The van der Waals surface area contributed by atoms with Crippen LogP contribution in [0.15, 0.2) is 121 Å². The van der Waals surface area contributed by atoms with E-state index in [1.165, 1.54) is 7.11 Å². The van der Waals surface area contributed by atoms with Crippen molar-refractivity contribution < 1.29 is 38.3 Å². The van der Waals surface area contributed by atoms with Crippen LogP contribution in [0.2, 0.25) is 0 Å². The third-order valence-corrected chi connectivity index (χ3v) is 7.65. The molecule has 0 spiro atoms. The highest BCUT2D eigenvalue weighted by molar-refractivity contribution is 5.70. The lowest BCUT2D eigenvalue weighted by Crippen LogP contribution is -2.67. The predicted octanol–water partition coefficient (Wildman–Crippen LogP) is 5.61. The number of rotatable bonds is 15. The quantitative estimate of drug-likeness (QED) is 0.173. The number of methoxy groups -OCH3 is 1. The van der Waals surface area contributed by atoms with E-state index in [4.69, 9.17) is 28.4 Å². The van der Waals surface area contributed by atoms with Gasteiger partial charge in [0, 0.05) is 0 Å². The molecule has 8 heteroatoms. The van der Waals surface area contributed by atoms with Crippen molar-refractivity contribution >= 4 is 5.97 Å². The molecule has 0 amide bonds. The number of hydrogen-bond donors (Lipinski definition) is 1. The van der Waals surface area contributed by atoms with Gasteiger partial charge in [0.15, 0.2) is 0 Å². The number of ether oxygens (including phenoxy) is 6.